The summed E-state index contributed by atoms with van der Waals surface area (Å²) >= 11 is 1.41. The number of hydrogen-bond donors (Lipinski definition) is 1. The molecular formula is C13H20N4OS. The maximum absolute atomic E-state index is 5.14. The van der Waals surface area contributed by atoms with E-state index in [-0.39, 0.29) is 5.41 Å². The van der Waals surface area contributed by atoms with Crippen molar-refractivity contribution in [3.63, 3.8) is 0 Å². The van der Waals surface area contributed by atoms with Gasteiger partial charge in [0.05, 0.1) is 5.69 Å². The zero-order valence-corrected chi connectivity index (χ0v) is 12.9. The topological polar surface area (TPSA) is 63.8 Å². The van der Waals surface area contributed by atoms with Crippen LogP contribution in [0.3, 0.4) is 0 Å². The van der Waals surface area contributed by atoms with E-state index < -0.39 is 0 Å². The minimum atomic E-state index is -0.00190. The van der Waals surface area contributed by atoms with Gasteiger partial charge in [0.25, 0.3) is 0 Å². The van der Waals surface area contributed by atoms with E-state index in [1.807, 2.05) is 13.8 Å². The van der Waals surface area contributed by atoms with Crippen LogP contribution in [0.4, 0.5) is 5.13 Å². The highest BCUT2D eigenvalue weighted by Gasteiger charge is 2.19. The molecule has 2 aromatic heterocycles. The lowest BCUT2D eigenvalue weighted by Gasteiger charge is -2.12. The summed E-state index contributed by atoms with van der Waals surface area (Å²) in [6, 6.07) is 0. The number of nitrogens with zero attached hydrogens (tertiary/aromatic N) is 3. The van der Waals surface area contributed by atoms with Crippen LogP contribution in [0.15, 0.2) is 4.52 Å². The molecule has 0 bridgehead atoms. The minimum absolute atomic E-state index is 0.00190. The fourth-order valence-corrected chi connectivity index (χ4v) is 2.53. The Kier molecular flexibility index (Phi) is 3.89. The Morgan fingerprint density at radius 3 is 2.53 bits per heavy atom. The predicted molar refractivity (Wildman–Crippen MR) is 76.8 cm³/mol. The Morgan fingerprint density at radius 2 is 2.00 bits per heavy atom. The highest BCUT2D eigenvalue weighted by atomic mass is 32.1. The first kappa shape index (κ1) is 14.0. The molecule has 2 aromatic rings. The molecule has 0 aliphatic rings. The predicted octanol–water partition coefficient (Wildman–Crippen LogP) is 3.10. The molecule has 5 nitrogen and oxygen atoms in total. The van der Waals surface area contributed by atoms with E-state index in [9.17, 15) is 0 Å². The number of aryl methyl sites for hydroxylation is 2. The normalized spacial score (nSPS) is 11.8. The van der Waals surface area contributed by atoms with Crippen LogP contribution in [0.1, 0.15) is 43.6 Å². The van der Waals surface area contributed by atoms with Crippen molar-refractivity contribution in [1.29, 1.82) is 0 Å². The Bertz CT molecular complexity index is 534. The minimum Gasteiger partial charge on any atom is -0.361 e. The summed E-state index contributed by atoms with van der Waals surface area (Å²) in [5.41, 5.74) is 2.14. The van der Waals surface area contributed by atoms with Crippen LogP contribution >= 0.6 is 11.5 Å². The van der Waals surface area contributed by atoms with Gasteiger partial charge in [0.2, 0.25) is 5.13 Å². The van der Waals surface area contributed by atoms with Crippen LogP contribution in [0.5, 0.6) is 0 Å². The maximum Gasteiger partial charge on any atom is 0.202 e. The fraction of sp³-hybridized carbons (Fsp3) is 0.615. The van der Waals surface area contributed by atoms with Crippen LogP contribution in [-0.2, 0) is 11.8 Å². The lowest BCUT2D eigenvalue weighted by Crippen LogP contribution is -2.13. The molecule has 0 atom stereocenters. The number of nitrogens with one attached hydrogen (secondary N) is 1. The molecular weight excluding hydrogens is 260 g/mol. The molecule has 0 radical (unpaired) electrons. The van der Waals surface area contributed by atoms with E-state index in [4.69, 9.17) is 4.52 Å². The van der Waals surface area contributed by atoms with Gasteiger partial charge in [0.15, 0.2) is 0 Å². The van der Waals surface area contributed by atoms with Crippen molar-refractivity contribution >= 4 is 16.7 Å². The second-order valence-electron chi connectivity index (χ2n) is 5.65. The van der Waals surface area contributed by atoms with Crippen LogP contribution in [0.2, 0.25) is 0 Å². The van der Waals surface area contributed by atoms with Crippen molar-refractivity contribution in [2.45, 2.75) is 46.5 Å². The second kappa shape index (κ2) is 5.28. The Balaban J connectivity index is 1.91. The van der Waals surface area contributed by atoms with Gasteiger partial charge < -0.3 is 9.84 Å². The molecule has 0 amide bonds. The summed E-state index contributed by atoms with van der Waals surface area (Å²) < 4.78 is 9.52. The first-order chi connectivity index (χ1) is 8.88. The van der Waals surface area contributed by atoms with Gasteiger partial charge in [-0.1, -0.05) is 25.9 Å². The molecule has 0 spiro atoms. The largest absolute Gasteiger partial charge is 0.361 e. The zero-order chi connectivity index (χ0) is 14.0. The van der Waals surface area contributed by atoms with Crippen LogP contribution in [-0.4, -0.2) is 21.1 Å². The third kappa shape index (κ3) is 3.32. The molecule has 0 fully saturated rings. The van der Waals surface area contributed by atoms with Crippen molar-refractivity contribution in [2.75, 3.05) is 11.9 Å². The zero-order valence-electron chi connectivity index (χ0n) is 12.1. The Hall–Kier alpha value is -1.43. The number of hydrogen-bond acceptors (Lipinski definition) is 6. The molecule has 0 aliphatic heterocycles. The number of rotatable bonds is 4. The van der Waals surface area contributed by atoms with Gasteiger partial charge >= 0.3 is 0 Å². The first-order valence-electron chi connectivity index (χ1n) is 6.37. The fourth-order valence-electron chi connectivity index (χ4n) is 1.75. The molecule has 6 heteroatoms. The molecule has 2 rings (SSSR count). The average Bonchev–Trinajstić information content (AvgIpc) is 2.90. The quantitative estimate of drug-likeness (QED) is 0.932. The number of aromatic nitrogens is 3. The summed E-state index contributed by atoms with van der Waals surface area (Å²) in [5.74, 6) is 1.78. The molecule has 2 heterocycles. The van der Waals surface area contributed by atoms with E-state index in [2.05, 4.69) is 40.6 Å². The average molecular weight is 280 g/mol. The highest BCUT2D eigenvalue weighted by Crippen LogP contribution is 2.23. The van der Waals surface area contributed by atoms with Gasteiger partial charge in [-0.25, -0.2) is 4.98 Å². The summed E-state index contributed by atoms with van der Waals surface area (Å²) in [7, 11) is 0. The third-order valence-corrected chi connectivity index (χ3v) is 3.60. The van der Waals surface area contributed by atoms with Gasteiger partial charge in [0.1, 0.15) is 11.6 Å². The molecule has 104 valence electrons. The molecule has 0 aliphatic carbocycles. The van der Waals surface area contributed by atoms with Gasteiger partial charge in [-0.3, -0.25) is 0 Å². The van der Waals surface area contributed by atoms with E-state index in [1.165, 1.54) is 17.1 Å². The third-order valence-electron chi connectivity index (χ3n) is 2.93. The highest BCUT2D eigenvalue weighted by molar-refractivity contribution is 7.09. The van der Waals surface area contributed by atoms with Gasteiger partial charge in [0, 0.05) is 29.1 Å². The van der Waals surface area contributed by atoms with Crippen molar-refractivity contribution in [3.8, 4) is 0 Å². The summed E-state index contributed by atoms with van der Waals surface area (Å²) in [4.78, 5) is 4.50. The number of anilines is 1. The standard InChI is InChI=1S/C13H20N4OS/c1-8-10(9(2)18-16-8)6-7-14-12-15-11(17-19-12)13(3,4)5/h6-7H2,1-5H3,(H,14,15,17). The van der Waals surface area contributed by atoms with Crippen molar-refractivity contribution in [3.05, 3.63) is 22.8 Å². The van der Waals surface area contributed by atoms with Crippen molar-refractivity contribution in [1.82, 2.24) is 14.5 Å². The molecule has 1 N–H and O–H groups in total. The first-order valence-corrected chi connectivity index (χ1v) is 7.15. The van der Waals surface area contributed by atoms with Crippen molar-refractivity contribution < 1.29 is 4.52 Å². The molecule has 19 heavy (non-hydrogen) atoms. The van der Waals surface area contributed by atoms with E-state index in [0.717, 1.165) is 35.4 Å². The van der Waals surface area contributed by atoms with E-state index in [1.54, 1.807) is 0 Å². The van der Waals surface area contributed by atoms with E-state index >= 15 is 0 Å². The summed E-state index contributed by atoms with van der Waals surface area (Å²) in [6.45, 7) is 11.1. The van der Waals surface area contributed by atoms with Gasteiger partial charge in [-0.05, 0) is 20.3 Å². The van der Waals surface area contributed by atoms with E-state index in [0.29, 0.717) is 0 Å². The van der Waals surface area contributed by atoms with Gasteiger partial charge in [-0.2, -0.15) is 4.37 Å². The van der Waals surface area contributed by atoms with Crippen LogP contribution < -0.4 is 5.32 Å². The van der Waals surface area contributed by atoms with Crippen LogP contribution in [0.25, 0.3) is 0 Å². The maximum atomic E-state index is 5.14. The Morgan fingerprint density at radius 1 is 1.26 bits per heavy atom. The summed E-state index contributed by atoms with van der Waals surface area (Å²) in [6.07, 6.45) is 0.881. The lowest BCUT2D eigenvalue weighted by molar-refractivity contribution is 0.392. The molecule has 0 aromatic carbocycles. The van der Waals surface area contributed by atoms with Gasteiger partial charge in [-0.15, -0.1) is 0 Å². The Labute approximate surface area is 117 Å². The molecule has 0 saturated carbocycles. The van der Waals surface area contributed by atoms with Crippen LogP contribution in [0, 0.1) is 13.8 Å². The summed E-state index contributed by atoms with van der Waals surface area (Å²) in [5, 5.41) is 8.13. The van der Waals surface area contributed by atoms with Crippen molar-refractivity contribution in [2.24, 2.45) is 0 Å². The molecule has 0 unspecified atom stereocenters. The lowest BCUT2D eigenvalue weighted by atomic mass is 9.96. The SMILES string of the molecule is Cc1noc(C)c1CCNc1nc(C(C)(C)C)ns1. The smallest absolute Gasteiger partial charge is 0.202 e. The monoisotopic (exact) mass is 280 g/mol. The molecule has 0 saturated heterocycles. The second-order valence-corrected chi connectivity index (χ2v) is 6.40.